The molecule has 0 spiro atoms. The molecule has 1 heterocycles. The Morgan fingerprint density at radius 1 is 1.30 bits per heavy atom. The van der Waals surface area contributed by atoms with Gasteiger partial charge in [0.05, 0.1) is 16.5 Å². The maximum Gasteiger partial charge on any atom is 0.234 e. The second kappa shape index (κ2) is 8.86. The Balaban J connectivity index is 1.71. The molecule has 0 saturated carbocycles. The first-order chi connectivity index (χ1) is 13.0. The number of carbonyl (C=O) groups is 1. The highest BCUT2D eigenvalue weighted by molar-refractivity contribution is 9.10. The average molecular weight is 470 g/mol. The first kappa shape index (κ1) is 19.9. The molecule has 0 radical (unpaired) electrons. The van der Waals surface area contributed by atoms with Crippen LogP contribution in [0.15, 0.2) is 52.1 Å². The van der Waals surface area contributed by atoms with Crippen LogP contribution in [-0.4, -0.2) is 26.4 Å². The number of amides is 1. The third-order valence-electron chi connectivity index (χ3n) is 3.69. The summed E-state index contributed by atoms with van der Waals surface area (Å²) in [5, 5.41) is 12.1. The SMILES string of the molecule is CCn1c(SCC(=O)Nc2ccc(Br)cc2F)nnc1-c1ccccc1Cl. The molecule has 5 nitrogen and oxygen atoms in total. The number of nitrogens with zero attached hydrogens (tertiary/aromatic N) is 3. The third-order valence-corrected chi connectivity index (χ3v) is 5.48. The molecule has 0 aliphatic carbocycles. The molecule has 0 aliphatic rings. The molecule has 2 aromatic carbocycles. The number of anilines is 1. The van der Waals surface area contributed by atoms with Crippen LogP contribution in [0, 0.1) is 5.82 Å². The number of hydrogen-bond acceptors (Lipinski definition) is 4. The van der Waals surface area contributed by atoms with Crippen molar-refractivity contribution in [3.05, 3.63) is 57.8 Å². The Labute approximate surface area is 173 Å². The largest absolute Gasteiger partial charge is 0.323 e. The number of benzene rings is 2. The van der Waals surface area contributed by atoms with E-state index >= 15 is 0 Å². The van der Waals surface area contributed by atoms with Crippen LogP contribution in [0.25, 0.3) is 11.4 Å². The molecule has 0 unspecified atom stereocenters. The van der Waals surface area contributed by atoms with Crippen molar-refractivity contribution in [3.63, 3.8) is 0 Å². The van der Waals surface area contributed by atoms with Crippen LogP contribution in [0.1, 0.15) is 6.92 Å². The van der Waals surface area contributed by atoms with Gasteiger partial charge in [-0.25, -0.2) is 4.39 Å². The number of hydrogen-bond donors (Lipinski definition) is 1. The van der Waals surface area contributed by atoms with E-state index in [0.29, 0.717) is 27.0 Å². The van der Waals surface area contributed by atoms with Gasteiger partial charge >= 0.3 is 0 Å². The van der Waals surface area contributed by atoms with Crippen molar-refractivity contribution in [2.45, 2.75) is 18.6 Å². The van der Waals surface area contributed by atoms with Crippen LogP contribution in [-0.2, 0) is 11.3 Å². The summed E-state index contributed by atoms with van der Waals surface area (Å²) >= 11 is 10.7. The molecule has 0 bridgehead atoms. The standard InChI is InChI=1S/C18H15BrClFN4OS/c1-2-25-17(12-5-3-4-6-13(12)20)23-24-18(25)27-10-16(26)22-15-8-7-11(19)9-14(15)21/h3-9H,2,10H2,1H3,(H,22,26). The van der Waals surface area contributed by atoms with E-state index in [1.807, 2.05) is 29.7 Å². The van der Waals surface area contributed by atoms with Gasteiger partial charge in [-0.05, 0) is 37.3 Å². The zero-order valence-corrected chi connectivity index (χ0v) is 17.4. The predicted molar refractivity (Wildman–Crippen MR) is 110 cm³/mol. The molecule has 140 valence electrons. The minimum absolute atomic E-state index is 0.0795. The average Bonchev–Trinajstić information content (AvgIpc) is 3.05. The summed E-state index contributed by atoms with van der Waals surface area (Å²) in [5.41, 5.74) is 0.916. The molecule has 1 aromatic heterocycles. The normalized spacial score (nSPS) is 10.8. The second-order valence-electron chi connectivity index (χ2n) is 5.49. The molecular weight excluding hydrogens is 455 g/mol. The van der Waals surface area contributed by atoms with Gasteiger partial charge in [0, 0.05) is 16.6 Å². The summed E-state index contributed by atoms with van der Waals surface area (Å²) in [6.45, 7) is 2.59. The second-order valence-corrected chi connectivity index (χ2v) is 7.76. The fourth-order valence-electron chi connectivity index (χ4n) is 2.43. The summed E-state index contributed by atoms with van der Waals surface area (Å²) in [5.74, 6) is -0.104. The molecule has 3 aromatic rings. The van der Waals surface area contributed by atoms with Crippen molar-refractivity contribution in [2.24, 2.45) is 0 Å². The minimum atomic E-state index is -0.500. The van der Waals surface area contributed by atoms with E-state index in [1.165, 1.54) is 23.9 Å². The lowest BCUT2D eigenvalue weighted by Crippen LogP contribution is -2.15. The summed E-state index contributed by atoms with van der Waals surface area (Å²) < 4.78 is 16.3. The van der Waals surface area contributed by atoms with Crippen molar-refractivity contribution in [1.29, 1.82) is 0 Å². The van der Waals surface area contributed by atoms with Crippen LogP contribution in [0.3, 0.4) is 0 Å². The number of nitrogens with one attached hydrogen (secondary N) is 1. The monoisotopic (exact) mass is 468 g/mol. The van der Waals surface area contributed by atoms with Crippen molar-refractivity contribution in [2.75, 3.05) is 11.1 Å². The lowest BCUT2D eigenvalue weighted by atomic mass is 10.2. The molecule has 0 fully saturated rings. The van der Waals surface area contributed by atoms with Gasteiger partial charge in [-0.2, -0.15) is 0 Å². The molecule has 0 atom stereocenters. The maximum absolute atomic E-state index is 13.8. The highest BCUT2D eigenvalue weighted by atomic mass is 79.9. The Kier molecular flexibility index (Phi) is 6.51. The maximum atomic E-state index is 13.8. The third kappa shape index (κ3) is 4.69. The lowest BCUT2D eigenvalue weighted by molar-refractivity contribution is -0.113. The van der Waals surface area contributed by atoms with Gasteiger partial charge in [0.2, 0.25) is 5.91 Å². The fraction of sp³-hybridized carbons (Fsp3) is 0.167. The van der Waals surface area contributed by atoms with Gasteiger partial charge in [0.25, 0.3) is 0 Å². The van der Waals surface area contributed by atoms with Crippen molar-refractivity contribution in [3.8, 4) is 11.4 Å². The summed E-state index contributed by atoms with van der Waals surface area (Å²) in [7, 11) is 0. The molecule has 0 aliphatic heterocycles. The Morgan fingerprint density at radius 2 is 2.07 bits per heavy atom. The highest BCUT2D eigenvalue weighted by Gasteiger charge is 2.16. The first-order valence-corrected chi connectivity index (χ1v) is 10.2. The summed E-state index contributed by atoms with van der Waals surface area (Å²) in [6, 6.07) is 11.9. The zero-order chi connectivity index (χ0) is 19.4. The van der Waals surface area contributed by atoms with Crippen LogP contribution in [0.5, 0.6) is 0 Å². The summed E-state index contributed by atoms with van der Waals surface area (Å²) in [4.78, 5) is 12.2. The topological polar surface area (TPSA) is 59.8 Å². The van der Waals surface area contributed by atoms with Gasteiger partial charge in [-0.15, -0.1) is 10.2 Å². The molecule has 27 heavy (non-hydrogen) atoms. The quantitative estimate of drug-likeness (QED) is 0.501. The molecule has 3 rings (SSSR count). The van der Waals surface area contributed by atoms with Crippen LogP contribution in [0.4, 0.5) is 10.1 Å². The van der Waals surface area contributed by atoms with Crippen LogP contribution < -0.4 is 5.32 Å². The van der Waals surface area contributed by atoms with E-state index in [1.54, 1.807) is 12.1 Å². The van der Waals surface area contributed by atoms with Crippen LogP contribution in [0.2, 0.25) is 5.02 Å². The number of aromatic nitrogens is 3. The molecule has 1 amide bonds. The van der Waals surface area contributed by atoms with Gasteiger partial charge in [0.1, 0.15) is 5.82 Å². The molecular formula is C18H15BrClFN4OS. The fourth-order valence-corrected chi connectivity index (χ4v) is 3.79. The van der Waals surface area contributed by atoms with E-state index in [0.717, 1.165) is 5.56 Å². The van der Waals surface area contributed by atoms with Crippen molar-refractivity contribution >= 4 is 50.9 Å². The molecule has 0 saturated heterocycles. The Bertz CT molecular complexity index is 982. The van der Waals surface area contributed by atoms with E-state index in [2.05, 4.69) is 31.4 Å². The zero-order valence-electron chi connectivity index (χ0n) is 14.2. The van der Waals surface area contributed by atoms with Crippen molar-refractivity contribution < 1.29 is 9.18 Å². The van der Waals surface area contributed by atoms with E-state index in [9.17, 15) is 9.18 Å². The van der Waals surface area contributed by atoms with Gasteiger partial charge in [0.15, 0.2) is 11.0 Å². The highest BCUT2D eigenvalue weighted by Crippen LogP contribution is 2.29. The van der Waals surface area contributed by atoms with Gasteiger partial charge in [-0.1, -0.05) is 51.4 Å². The lowest BCUT2D eigenvalue weighted by Gasteiger charge is -2.09. The Hall–Kier alpha value is -1.90. The van der Waals surface area contributed by atoms with E-state index < -0.39 is 5.82 Å². The number of halogens is 3. The number of rotatable bonds is 6. The van der Waals surface area contributed by atoms with Gasteiger partial charge in [-0.3, -0.25) is 4.79 Å². The molecule has 1 N–H and O–H groups in total. The van der Waals surface area contributed by atoms with Crippen LogP contribution >= 0.6 is 39.3 Å². The minimum Gasteiger partial charge on any atom is -0.323 e. The molecule has 9 heteroatoms. The van der Waals surface area contributed by atoms with Gasteiger partial charge < -0.3 is 9.88 Å². The Morgan fingerprint density at radius 3 is 2.78 bits per heavy atom. The van der Waals surface area contributed by atoms with E-state index in [-0.39, 0.29) is 17.3 Å². The predicted octanol–water partition coefficient (Wildman–Crippen LogP) is 5.25. The number of carbonyl (C=O) groups excluding carboxylic acids is 1. The summed E-state index contributed by atoms with van der Waals surface area (Å²) in [6.07, 6.45) is 0. The first-order valence-electron chi connectivity index (χ1n) is 8.05. The number of thioether (sulfide) groups is 1. The smallest absolute Gasteiger partial charge is 0.234 e. The van der Waals surface area contributed by atoms with E-state index in [4.69, 9.17) is 11.6 Å². The van der Waals surface area contributed by atoms with Crippen molar-refractivity contribution in [1.82, 2.24) is 14.8 Å².